The molecule has 2 bridgehead atoms. The van der Waals surface area contributed by atoms with Crippen LogP contribution in [0.3, 0.4) is 0 Å². The highest BCUT2D eigenvalue weighted by Crippen LogP contribution is 2.45. The Hall–Kier alpha value is -2.81. The molecule has 8 nitrogen and oxygen atoms in total. The molecule has 0 radical (unpaired) electrons. The minimum Gasteiger partial charge on any atom is -0.490 e. The number of benzene rings is 2. The lowest BCUT2D eigenvalue weighted by Gasteiger charge is -2.41. The Kier molecular flexibility index (Phi) is 9.65. The normalized spacial score (nSPS) is 25.5. The van der Waals surface area contributed by atoms with Gasteiger partial charge in [-0.2, -0.15) is 0 Å². The number of aryl methyl sites for hydroxylation is 1. The summed E-state index contributed by atoms with van der Waals surface area (Å²) in [5.74, 6) is -0.589. The molecule has 2 N–H and O–H groups in total. The summed E-state index contributed by atoms with van der Waals surface area (Å²) in [5, 5.41) is 21.9. The van der Waals surface area contributed by atoms with E-state index in [2.05, 4.69) is 17.0 Å². The van der Waals surface area contributed by atoms with E-state index in [1.807, 2.05) is 18.2 Å². The van der Waals surface area contributed by atoms with Gasteiger partial charge in [-0.1, -0.05) is 49.4 Å². The topological polar surface area (TPSA) is 99.5 Å². The van der Waals surface area contributed by atoms with Crippen LogP contribution in [-0.4, -0.2) is 73.5 Å². The van der Waals surface area contributed by atoms with Crippen LogP contribution in [0, 0.1) is 0 Å². The van der Waals surface area contributed by atoms with Gasteiger partial charge in [0.05, 0.1) is 25.3 Å². The lowest BCUT2D eigenvalue weighted by Crippen LogP contribution is -2.46. The largest absolute Gasteiger partial charge is 0.490 e. The first-order valence-electron chi connectivity index (χ1n) is 15.3. The molecule has 0 saturated carbocycles. The zero-order valence-electron chi connectivity index (χ0n) is 24.6. The summed E-state index contributed by atoms with van der Waals surface area (Å²) >= 11 is 6.39. The van der Waals surface area contributed by atoms with Crippen molar-refractivity contribution >= 4 is 29.2 Å². The number of carbonyl (C=O) groups is 2. The van der Waals surface area contributed by atoms with Crippen LogP contribution in [0.25, 0.3) is 0 Å². The Morgan fingerprint density at radius 3 is 2.60 bits per heavy atom. The van der Waals surface area contributed by atoms with Crippen molar-refractivity contribution in [2.75, 3.05) is 51.4 Å². The second-order valence-corrected chi connectivity index (χ2v) is 12.8. The first-order valence-corrected chi connectivity index (χ1v) is 15.6. The van der Waals surface area contributed by atoms with Gasteiger partial charge < -0.3 is 29.5 Å². The van der Waals surface area contributed by atoms with Gasteiger partial charge >= 0.3 is 5.97 Å². The highest BCUT2D eigenvalue weighted by Gasteiger charge is 2.42. The highest BCUT2D eigenvalue weighted by atomic mass is 35.5. The van der Waals surface area contributed by atoms with Gasteiger partial charge in [0.2, 0.25) is 5.91 Å². The molecule has 2 aliphatic heterocycles. The SMILES string of the molecule is CN1CCCCCCCCN2C[C@@]3(CCCc4cc(Cl)ccc43)COc3ccc(cc32)[C@@](O)(COCC(=O)O)CC1=O. The van der Waals surface area contributed by atoms with Gasteiger partial charge in [-0.25, -0.2) is 4.79 Å². The number of anilines is 1. The molecule has 1 spiro atoms. The minimum atomic E-state index is -1.70. The van der Waals surface area contributed by atoms with Crippen LogP contribution >= 0.6 is 11.6 Å². The van der Waals surface area contributed by atoms with Crippen LogP contribution in [0.15, 0.2) is 36.4 Å². The van der Waals surface area contributed by atoms with E-state index in [1.165, 1.54) is 11.1 Å². The molecule has 0 fully saturated rings. The fourth-order valence-corrected chi connectivity index (χ4v) is 7.05. The van der Waals surface area contributed by atoms with E-state index < -0.39 is 18.2 Å². The predicted octanol–water partition coefficient (Wildman–Crippen LogP) is 5.30. The number of hydrogen-bond acceptors (Lipinski definition) is 6. The number of ether oxygens (including phenoxy) is 2. The van der Waals surface area contributed by atoms with Gasteiger partial charge in [-0.3, -0.25) is 4.79 Å². The van der Waals surface area contributed by atoms with Crippen molar-refractivity contribution < 1.29 is 29.3 Å². The monoisotopic (exact) mass is 598 g/mol. The molecule has 2 aromatic rings. The average Bonchev–Trinajstić information content (AvgIpc) is 3.10. The Balaban J connectivity index is 1.54. The molecule has 0 unspecified atom stereocenters. The number of rotatable bonds is 4. The third-order valence-corrected chi connectivity index (χ3v) is 9.42. The Bertz CT molecular complexity index is 1290. The van der Waals surface area contributed by atoms with Crippen LogP contribution in [0.1, 0.15) is 74.5 Å². The second-order valence-electron chi connectivity index (χ2n) is 12.4. The first kappa shape index (κ1) is 30.6. The number of nitrogens with zero attached hydrogens (tertiary/aromatic N) is 2. The van der Waals surface area contributed by atoms with Crippen LogP contribution < -0.4 is 9.64 Å². The molecule has 2 heterocycles. The van der Waals surface area contributed by atoms with Crippen molar-refractivity contribution in [1.29, 1.82) is 0 Å². The smallest absolute Gasteiger partial charge is 0.329 e. The van der Waals surface area contributed by atoms with Crippen LogP contribution in [0.5, 0.6) is 5.75 Å². The van der Waals surface area contributed by atoms with E-state index in [0.29, 0.717) is 18.7 Å². The van der Waals surface area contributed by atoms with Crippen molar-refractivity contribution in [3.63, 3.8) is 0 Å². The number of hydrogen-bond donors (Lipinski definition) is 2. The summed E-state index contributed by atoms with van der Waals surface area (Å²) in [6, 6.07) is 11.8. The van der Waals surface area contributed by atoms with E-state index >= 15 is 0 Å². The number of fused-ring (bicyclic) bond motifs is 3. The maximum Gasteiger partial charge on any atom is 0.329 e. The Labute approximate surface area is 253 Å². The zero-order valence-corrected chi connectivity index (χ0v) is 25.3. The van der Waals surface area contributed by atoms with Crippen molar-refractivity contribution in [3.8, 4) is 5.75 Å². The molecular weight excluding hydrogens is 556 g/mol. The molecule has 2 atom stereocenters. The van der Waals surface area contributed by atoms with E-state index in [0.717, 1.165) is 87.3 Å². The third kappa shape index (κ3) is 6.87. The summed E-state index contributed by atoms with van der Waals surface area (Å²) in [5.41, 5.74) is 2.08. The quantitative estimate of drug-likeness (QED) is 0.492. The van der Waals surface area contributed by atoms with Gasteiger partial charge in [0.25, 0.3) is 0 Å². The molecule has 0 saturated heterocycles. The highest BCUT2D eigenvalue weighted by molar-refractivity contribution is 6.30. The van der Waals surface area contributed by atoms with Gasteiger partial charge in [0.15, 0.2) is 0 Å². The van der Waals surface area contributed by atoms with Crippen LogP contribution in [0.2, 0.25) is 5.02 Å². The molecule has 5 rings (SSSR count). The number of aliphatic hydroxyl groups is 1. The molecule has 3 aliphatic rings. The van der Waals surface area contributed by atoms with Crippen LogP contribution in [-0.2, 0) is 31.8 Å². The van der Waals surface area contributed by atoms with Gasteiger partial charge in [0.1, 0.15) is 18.0 Å². The second kappa shape index (κ2) is 13.2. The molecule has 42 heavy (non-hydrogen) atoms. The summed E-state index contributed by atoms with van der Waals surface area (Å²) in [4.78, 5) is 28.5. The fourth-order valence-electron chi connectivity index (χ4n) is 6.85. The molecule has 9 heteroatoms. The van der Waals surface area contributed by atoms with Crippen LogP contribution in [0.4, 0.5) is 5.69 Å². The number of carboxylic acid groups (broad SMARTS) is 1. The molecule has 0 aromatic heterocycles. The van der Waals surface area contributed by atoms with E-state index in [9.17, 15) is 14.7 Å². The van der Waals surface area contributed by atoms with Crippen molar-refractivity contribution in [1.82, 2.24) is 4.90 Å². The summed E-state index contributed by atoms with van der Waals surface area (Å²) in [6.07, 6.45) is 9.25. The van der Waals surface area contributed by atoms with Gasteiger partial charge in [-0.05, 0) is 73.1 Å². The lowest BCUT2D eigenvalue weighted by molar-refractivity contribution is -0.148. The molecule has 1 amide bonds. The Morgan fingerprint density at radius 2 is 1.81 bits per heavy atom. The molecule has 228 valence electrons. The third-order valence-electron chi connectivity index (χ3n) is 9.18. The maximum absolute atomic E-state index is 13.3. The predicted molar refractivity (Wildman–Crippen MR) is 163 cm³/mol. The number of carbonyl (C=O) groups excluding carboxylic acids is 1. The molecule has 2 aromatic carbocycles. The Morgan fingerprint density at radius 1 is 1.05 bits per heavy atom. The summed E-state index contributed by atoms with van der Waals surface area (Å²) in [7, 11) is 1.76. The average molecular weight is 599 g/mol. The van der Waals surface area contributed by atoms with E-state index in [-0.39, 0.29) is 24.3 Å². The first-order chi connectivity index (χ1) is 20.2. The number of halogens is 1. The summed E-state index contributed by atoms with van der Waals surface area (Å²) < 4.78 is 12.0. The maximum atomic E-state index is 13.3. The van der Waals surface area contributed by atoms with Crippen molar-refractivity contribution in [2.45, 2.75) is 75.2 Å². The van der Waals surface area contributed by atoms with E-state index in [1.54, 1.807) is 18.0 Å². The fraction of sp³-hybridized carbons (Fsp3) is 0.576. The lowest BCUT2D eigenvalue weighted by atomic mass is 9.70. The van der Waals surface area contributed by atoms with Crippen molar-refractivity contribution in [2.24, 2.45) is 0 Å². The van der Waals surface area contributed by atoms with Gasteiger partial charge in [-0.15, -0.1) is 0 Å². The number of carboxylic acids is 1. The molecule has 1 aliphatic carbocycles. The van der Waals surface area contributed by atoms with Crippen molar-refractivity contribution in [3.05, 3.63) is 58.1 Å². The molecular formula is C33H43ClN2O6. The zero-order chi connectivity index (χ0) is 29.7. The summed E-state index contributed by atoms with van der Waals surface area (Å²) in [6.45, 7) is 1.91. The standard InChI is InChI=1S/C33H43ClN2O6/c1-35-15-6-4-2-3-5-7-16-36-21-32(14-8-9-24-17-26(34)11-12-27(24)32)22-42-29-13-10-25(18-28(29)36)33(40,19-30(35)37)23-41-20-31(38)39/h10-13,17-18,40H,2-9,14-16,19-23H2,1H3,(H,38,39)/t32-,33-/m0/s1. The van der Waals surface area contributed by atoms with E-state index in [4.69, 9.17) is 26.2 Å². The number of amides is 1. The number of aliphatic carboxylic acids is 1. The van der Waals surface area contributed by atoms with Gasteiger partial charge in [0, 0.05) is 37.1 Å². The minimum absolute atomic E-state index is 0.197.